The van der Waals surface area contributed by atoms with Crippen LogP contribution in [-0.2, 0) is 9.59 Å². The molecule has 0 saturated heterocycles. The molecule has 0 atom stereocenters. The Kier molecular flexibility index (Phi) is 2.82. The number of furan rings is 1. The van der Waals surface area contributed by atoms with E-state index < -0.39 is 17.3 Å². The first-order valence-electron chi connectivity index (χ1n) is 5.44. The molecule has 1 aromatic heterocycles. The molecule has 0 aliphatic carbocycles. The molecule has 5 heteroatoms. The molecule has 0 unspecified atom stereocenters. The number of carbonyl (C=O) groups excluding carboxylic acids is 1. The normalized spacial score (nSPS) is 11.4. The highest BCUT2D eigenvalue weighted by Crippen LogP contribution is 2.27. The molecular formula is C13H13NO4. The highest BCUT2D eigenvalue weighted by molar-refractivity contribution is 6.10. The number of carboxylic acids is 1. The first-order chi connectivity index (χ1) is 8.43. The highest BCUT2D eigenvalue weighted by atomic mass is 16.4. The van der Waals surface area contributed by atoms with Crippen molar-refractivity contribution in [2.45, 2.75) is 13.8 Å². The van der Waals surface area contributed by atoms with Crippen molar-refractivity contribution in [3.63, 3.8) is 0 Å². The molecule has 0 aliphatic rings. The monoisotopic (exact) mass is 247 g/mol. The summed E-state index contributed by atoms with van der Waals surface area (Å²) in [4.78, 5) is 22.9. The van der Waals surface area contributed by atoms with Gasteiger partial charge in [0.1, 0.15) is 17.3 Å². The summed E-state index contributed by atoms with van der Waals surface area (Å²) in [5, 5.41) is 12.3. The maximum atomic E-state index is 11.9. The van der Waals surface area contributed by atoms with Crippen molar-refractivity contribution in [1.29, 1.82) is 0 Å². The third-order valence-corrected chi connectivity index (χ3v) is 2.83. The van der Waals surface area contributed by atoms with Crippen LogP contribution in [-0.4, -0.2) is 17.0 Å². The fraction of sp³-hybridized carbons (Fsp3) is 0.231. The van der Waals surface area contributed by atoms with Gasteiger partial charge in [0, 0.05) is 5.39 Å². The van der Waals surface area contributed by atoms with Gasteiger partial charge in [0.05, 0.1) is 5.69 Å². The van der Waals surface area contributed by atoms with Gasteiger partial charge in [-0.15, -0.1) is 0 Å². The molecule has 0 bridgehead atoms. The number of fused-ring (bicyclic) bond motifs is 1. The Labute approximate surface area is 103 Å². The molecule has 2 aromatic rings. The van der Waals surface area contributed by atoms with Crippen molar-refractivity contribution in [1.82, 2.24) is 0 Å². The van der Waals surface area contributed by atoms with Gasteiger partial charge >= 0.3 is 5.97 Å². The van der Waals surface area contributed by atoms with Crippen LogP contribution in [0.1, 0.15) is 13.8 Å². The number of para-hydroxylation sites is 1. The van der Waals surface area contributed by atoms with Crippen molar-refractivity contribution >= 4 is 28.5 Å². The van der Waals surface area contributed by atoms with E-state index in [9.17, 15) is 9.59 Å². The van der Waals surface area contributed by atoms with Crippen LogP contribution in [0, 0.1) is 5.41 Å². The minimum absolute atomic E-state index is 0.477. The van der Waals surface area contributed by atoms with Gasteiger partial charge < -0.3 is 14.8 Å². The number of aliphatic carboxylic acids is 1. The van der Waals surface area contributed by atoms with Crippen molar-refractivity contribution in [3.05, 3.63) is 30.5 Å². The Bertz CT molecular complexity index is 612. The van der Waals surface area contributed by atoms with E-state index in [-0.39, 0.29) is 0 Å². The highest BCUT2D eigenvalue weighted by Gasteiger charge is 2.36. The minimum Gasteiger partial charge on any atom is -0.480 e. The molecule has 0 saturated carbocycles. The number of hydrogen-bond donors (Lipinski definition) is 2. The molecule has 0 radical (unpaired) electrons. The van der Waals surface area contributed by atoms with Gasteiger partial charge in [-0.25, -0.2) is 0 Å². The van der Waals surface area contributed by atoms with E-state index in [1.807, 2.05) is 12.1 Å². The lowest BCUT2D eigenvalue weighted by Gasteiger charge is -2.17. The predicted molar refractivity (Wildman–Crippen MR) is 66.3 cm³/mol. The summed E-state index contributed by atoms with van der Waals surface area (Å²) in [5.41, 5.74) is -0.371. The van der Waals surface area contributed by atoms with E-state index in [4.69, 9.17) is 9.52 Å². The molecule has 1 heterocycles. The second-order valence-electron chi connectivity index (χ2n) is 4.53. The molecule has 5 nitrogen and oxygen atoms in total. The third kappa shape index (κ3) is 1.95. The number of amides is 1. The van der Waals surface area contributed by atoms with Crippen molar-refractivity contribution in [2.75, 3.05) is 5.32 Å². The Hall–Kier alpha value is -2.30. The van der Waals surface area contributed by atoms with Gasteiger partial charge in [0.25, 0.3) is 0 Å². The summed E-state index contributed by atoms with van der Waals surface area (Å²) >= 11 is 0. The van der Waals surface area contributed by atoms with Crippen LogP contribution in [0.25, 0.3) is 11.0 Å². The van der Waals surface area contributed by atoms with Gasteiger partial charge in [-0.05, 0) is 26.0 Å². The third-order valence-electron chi connectivity index (χ3n) is 2.83. The SMILES string of the molecule is CC(C)(C(=O)O)C(=O)Nc1coc2ccccc12. The summed E-state index contributed by atoms with van der Waals surface area (Å²) in [7, 11) is 0. The van der Waals surface area contributed by atoms with Crippen LogP contribution in [0.4, 0.5) is 5.69 Å². The molecule has 0 aliphatic heterocycles. The topological polar surface area (TPSA) is 79.5 Å². The average molecular weight is 247 g/mol. The van der Waals surface area contributed by atoms with E-state index in [0.717, 1.165) is 5.39 Å². The maximum Gasteiger partial charge on any atom is 0.318 e. The van der Waals surface area contributed by atoms with Crippen LogP contribution in [0.2, 0.25) is 0 Å². The van der Waals surface area contributed by atoms with Crippen LogP contribution < -0.4 is 5.32 Å². The lowest BCUT2D eigenvalue weighted by Crippen LogP contribution is -2.37. The Morgan fingerprint density at radius 1 is 1.28 bits per heavy atom. The second-order valence-corrected chi connectivity index (χ2v) is 4.53. The summed E-state index contributed by atoms with van der Waals surface area (Å²) in [5.74, 6) is -1.76. The smallest absolute Gasteiger partial charge is 0.318 e. The number of carbonyl (C=O) groups is 2. The van der Waals surface area contributed by atoms with E-state index >= 15 is 0 Å². The molecule has 0 spiro atoms. The minimum atomic E-state index is -1.49. The lowest BCUT2D eigenvalue weighted by atomic mass is 9.92. The first kappa shape index (κ1) is 12.2. The lowest BCUT2D eigenvalue weighted by molar-refractivity contribution is -0.151. The molecule has 94 valence electrons. The van der Waals surface area contributed by atoms with Crippen LogP contribution in [0.15, 0.2) is 34.9 Å². The Morgan fingerprint density at radius 3 is 2.61 bits per heavy atom. The van der Waals surface area contributed by atoms with Gasteiger partial charge in [-0.3, -0.25) is 9.59 Å². The average Bonchev–Trinajstić information content (AvgIpc) is 2.72. The maximum absolute atomic E-state index is 11.9. The van der Waals surface area contributed by atoms with Crippen LogP contribution in [0.5, 0.6) is 0 Å². The second kappa shape index (κ2) is 4.18. The van der Waals surface area contributed by atoms with Crippen LogP contribution >= 0.6 is 0 Å². The zero-order chi connectivity index (χ0) is 13.3. The number of anilines is 1. The summed E-state index contributed by atoms with van der Waals surface area (Å²) in [6.07, 6.45) is 1.40. The van der Waals surface area contributed by atoms with Gasteiger partial charge in [-0.1, -0.05) is 12.1 Å². The molecule has 18 heavy (non-hydrogen) atoms. The van der Waals surface area contributed by atoms with Gasteiger partial charge in [-0.2, -0.15) is 0 Å². The fourth-order valence-corrected chi connectivity index (χ4v) is 1.45. The zero-order valence-electron chi connectivity index (χ0n) is 10.1. The van der Waals surface area contributed by atoms with Crippen molar-refractivity contribution in [2.24, 2.45) is 5.41 Å². The number of rotatable bonds is 3. The van der Waals surface area contributed by atoms with E-state index in [0.29, 0.717) is 11.3 Å². The summed E-state index contributed by atoms with van der Waals surface area (Å²) < 4.78 is 5.26. The zero-order valence-corrected chi connectivity index (χ0v) is 10.1. The Balaban J connectivity index is 2.30. The number of nitrogens with one attached hydrogen (secondary N) is 1. The first-order valence-corrected chi connectivity index (χ1v) is 5.44. The molecule has 0 fully saturated rings. The molecule has 1 amide bonds. The molecule has 2 rings (SSSR count). The van der Waals surface area contributed by atoms with Crippen LogP contribution in [0.3, 0.4) is 0 Å². The number of benzene rings is 1. The van der Waals surface area contributed by atoms with Gasteiger partial charge in [0.15, 0.2) is 0 Å². The van der Waals surface area contributed by atoms with Crippen molar-refractivity contribution < 1.29 is 19.1 Å². The summed E-state index contributed by atoms with van der Waals surface area (Å²) in [6.45, 7) is 2.71. The largest absolute Gasteiger partial charge is 0.480 e. The number of carboxylic acid groups (broad SMARTS) is 1. The molecule has 2 N–H and O–H groups in total. The number of hydrogen-bond acceptors (Lipinski definition) is 3. The quantitative estimate of drug-likeness (QED) is 0.816. The van der Waals surface area contributed by atoms with E-state index in [1.165, 1.54) is 20.1 Å². The molecular weight excluding hydrogens is 234 g/mol. The van der Waals surface area contributed by atoms with E-state index in [1.54, 1.807) is 12.1 Å². The summed E-state index contributed by atoms with van der Waals surface area (Å²) in [6, 6.07) is 7.20. The Morgan fingerprint density at radius 2 is 1.94 bits per heavy atom. The fourth-order valence-electron chi connectivity index (χ4n) is 1.45. The van der Waals surface area contributed by atoms with E-state index in [2.05, 4.69) is 5.32 Å². The standard InChI is InChI=1S/C13H13NO4/c1-13(2,12(16)17)11(15)14-9-7-18-10-6-4-3-5-8(9)10/h3-7H,1-2H3,(H,14,15)(H,16,17). The predicted octanol–water partition coefficient (Wildman–Crippen LogP) is 2.48. The molecule has 1 aromatic carbocycles. The van der Waals surface area contributed by atoms with Gasteiger partial charge in [0.2, 0.25) is 5.91 Å². The van der Waals surface area contributed by atoms with Crippen molar-refractivity contribution in [3.8, 4) is 0 Å².